The number of allylic oxidation sites excluding steroid dienone is 1. The van der Waals surface area contributed by atoms with Crippen molar-refractivity contribution in [1.29, 1.82) is 0 Å². The van der Waals surface area contributed by atoms with E-state index in [1.54, 1.807) is 5.48 Å². The molecule has 0 atom stereocenters. The maximum atomic E-state index is 10.2. The van der Waals surface area contributed by atoms with Crippen LogP contribution in [0.1, 0.15) is 64.4 Å². The molecular formula is C25H39NO3. The van der Waals surface area contributed by atoms with Gasteiger partial charge in [-0.05, 0) is 36.0 Å². The van der Waals surface area contributed by atoms with Gasteiger partial charge in [0.25, 0.3) is 0 Å². The molecule has 1 aromatic carbocycles. The van der Waals surface area contributed by atoms with Crippen molar-refractivity contribution in [2.45, 2.75) is 58.8 Å². The van der Waals surface area contributed by atoms with Crippen molar-refractivity contribution >= 4 is 17.1 Å². The van der Waals surface area contributed by atoms with E-state index in [2.05, 4.69) is 56.6 Å². The number of Topliss-reactive ketones (excluding diaryl/α,β-unsaturated/α-hetero) is 1. The molecule has 0 bridgehead atoms. The van der Waals surface area contributed by atoms with Crippen LogP contribution in [0.5, 0.6) is 0 Å². The van der Waals surface area contributed by atoms with E-state index in [1.165, 1.54) is 43.2 Å². The molecule has 1 aromatic rings. The van der Waals surface area contributed by atoms with Gasteiger partial charge in [0.1, 0.15) is 5.78 Å². The summed E-state index contributed by atoms with van der Waals surface area (Å²) in [5.74, 6) is 0.864. The fourth-order valence-electron chi connectivity index (χ4n) is 2.74. The molecule has 0 saturated heterocycles. The van der Waals surface area contributed by atoms with Gasteiger partial charge < -0.3 is 5.21 Å². The van der Waals surface area contributed by atoms with E-state index in [9.17, 15) is 9.59 Å². The zero-order valence-corrected chi connectivity index (χ0v) is 18.3. The number of benzene rings is 1. The molecule has 1 fully saturated rings. The van der Waals surface area contributed by atoms with Crippen LogP contribution >= 0.6 is 0 Å². The van der Waals surface area contributed by atoms with Crippen LogP contribution in [0, 0.1) is 5.92 Å². The third kappa shape index (κ3) is 15.3. The second kappa shape index (κ2) is 20.4. The summed E-state index contributed by atoms with van der Waals surface area (Å²) in [4.78, 5) is 20.3. The predicted octanol–water partition coefficient (Wildman–Crippen LogP) is 6.18. The third-order valence-electron chi connectivity index (χ3n) is 4.51. The first-order chi connectivity index (χ1) is 14.0. The summed E-state index contributed by atoms with van der Waals surface area (Å²) in [5.41, 5.74) is 4.38. The second-order valence-corrected chi connectivity index (χ2v) is 6.48. The molecule has 4 nitrogen and oxygen atoms in total. The Bertz CT molecular complexity index is 569. The van der Waals surface area contributed by atoms with E-state index in [4.69, 9.17) is 5.21 Å². The van der Waals surface area contributed by atoms with Crippen LogP contribution in [0.15, 0.2) is 62.7 Å². The molecule has 0 amide bonds. The van der Waals surface area contributed by atoms with E-state index in [0.29, 0.717) is 18.6 Å². The Morgan fingerprint density at radius 3 is 1.93 bits per heavy atom. The lowest BCUT2D eigenvalue weighted by Gasteiger charge is -2.23. The first-order valence-corrected chi connectivity index (χ1v) is 10.3. The monoisotopic (exact) mass is 401 g/mol. The predicted molar refractivity (Wildman–Crippen MR) is 124 cm³/mol. The highest BCUT2D eigenvalue weighted by molar-refractivity contribution is 5.90. The van der Waals surface area contributed by atoms with Gasteiger partial charge in [0.05, 0.1) is 6.54 Å². The van der Waals surface area contributed by atoms with Crippen LogP contribution in [0.4, 0.5) is 0 Å². The van der Waals surface area contributed by atoms with E-state index in [1.807, 2.05) is 13.8 Å². The van der Waals surface area contributed by atoms with Crippen LogP contribution in [0.3, 0.4) is 0 Å². The van der Waals surface area contributed by atoms with E-state index in [0.717, 1.165) is 12.0 Å². The highest BCUT2D eigenvalue weighted by atomic mass is 16.5. The van der Waals surface area contributed by atoms with E-state index < -0.39 is 0 Å². The first kappa shape index (κ1) is 28.9. The molecule has 2 N–H and O–H groups in total. The van der Waals surface area contributed by atoms with Gasteiger partial charge in [-0.3, -0.25) is 9.59 Å². The minimum Gasteiger partial charge on any atom is -0.316 e. The van der Waals surface area contributed by atoms with Gasteiger partial charge in [0.15, 0.2) is 5.78 Å². The standard InChI is InChI=1S/C14H18.C5H10O.C4H7NO2.C2H4/c1-12(13-8-4-2-5-9-13)14-10-6-3-7-11-14;1-3-5(6)4-2;1-2-4(6)3-5-7;1-2/h2,4-5,8-9,14H,1,3,6-7,10-11H2;3-4H2,1-2H3;2,5,7H,1,3H2;1-2H2. The van der Waals surface area contributed by atoms with Crippen molar-refractivity contribution in [1.82, 2.24) is 5.48 Å². The number of carbonyl (C=O) groups excluding carboxylic acids is 2. The van der Waals surface area contributed by atoms with E-state index >= 15 is 0 Å². The Balaban J connectivity index is 0. The SMILES string of the molecule is C=C.C=C(c1ccccc1)C1CCCCC1.C=CC(=O)CNO.CCC(=O)CC. The van der Waals surface area contributed by atoms with Gasteiger partial charge >= 0.3 is 0 Å². The number of hydrogen-bond acceptors (Lipinski definition) is 4. The summed E-state index contributed by atoms with van der Waals surface area (Å²) in [6.45, 7) is 17.1. The molecule has 0 aliphatic heterocycles. The molecule has 2 rings (SSSR count). The van der Waals surface area contributed by atoms with E-state index in [-0.39, 0.29) is 12.3 Å². The molecule has 0 radical (unpaired) electrons. The fraction of sp³-hybridized carbons (Fsp3) is 0.440. The summed E-state index contributed by atoms with van der Waals surface area (Å²) in [7, 11) is 0. The molecule has 1 aliphatic carbocycles. The Morgan fingerprint density at radius 1 is 1.07 bits per heavy atom. The Labute approximate surface area is 177 Å². The third-order valence-corrected chi connectivity index (χ3v) is 4.51. The number of ketones is 2. The molecule has 0 aromatic heterocycles. The molecule has 29 heavy (non-hydrogen) atoms. The van der Waals surface area contributed by atoms with Gasteiger partial charge in [-0.25, -0.2) is 0 Å². The van der Waals surface area contributed by atoms with Crippen molar-refractivity contribution in [2.24, 2.45) is 5.92 Å². The molecule has 0 unspecified atom stereocenters. The summed E-state index contributed by atoms with van der Waals surface area (Å²) in [5, 5.41) is 7.85. The fourth-order valence-corrected chi connectivity index (χ4v) is 2.74. The lowest BCUT2D eigenvalue weighted by molar-refractivity contribution is -0.118. The molecular weight excluding hydrogens is 362 g/mol. The zero-order chi connectivity index (χ0) is 22.5. The lowest BCUT2D eigenvalue weighted by atomic mass is 9.82. The number of carbonyl (C=O) groups is 2. The Kier molecular flexibility index (Phi) is 20.4. The minimum atomic E-state index is -0.220. The van der Waals surface area contributed by atoms with Crippen LogP contribution in [0.25, 0.3) is 5.57 Å². The van der Waals surface area contributed by atoms with Crippen molar-refractivity contribution in [3.05, 3.63) is 68.3 Å². The summed E-state index contributed by atoms with van der Waals surface area (Å²) in [6.07, 6.45) is 9.39. The zero-order valence-electron chi connectivity index (χ0n) is 18.3. The Morgan fingerprint density at radius 2 is 1.59 bits per heavy atom. The average Bonchev–Trinajstić information content (AvgIpc) is 2.81. The van der Waals surface area contributed by atoms with Crippen molar-refractivity contribution in [3.8, 4) is 0 Å². The average molecular weight is 402 g/mol. The van der Waals surface area contributed by atoms with Crippen LogP contribution in [0.2, 0.25) is 0 Å². The van der Waals surface area contributed by atoms with Crippen molar-refractivity contribution in [2.75, 3.05) is 6.54 Å². The molecule has 1 aliphatic rings. The van der Waals surface area contributed by atoms with Gasteiger partial charge in [-0.1, -0.05) is 76.6 Å². The summed E-state index contributed by atoms with van der Waals surface area (Å²) >= 11 is 0. The molecule has 0 heterocycles. The number of hydrogen-bond donors (Lipinski definition) is 2. The number of nitrogens with one attached hydrogen (secondary N) is 1. The normalized spacial score (nSPS) is 12.5. The quantitative estimate of drug-likeness (QED) is 0.325. The number of hydroxylamine groups is 1. The van der Waals surface area contributed by atoms with Gasteiger partial charge in [0.2, 0.25) is 0 Å². The first-order valence-electron chi connectivity index (χ1n) is 10.3. The maximum absolute atomic E-state index is 10.2. The second-order valence-electron chi connectivity index (χ2n) is 6.48. The number of rotatable bonds is 7. The van der Waals surface area contributed by atoms with Gasteiger partial charge in [0, 0.05) is 12.8 Å². The van der Waals surface area contributed by atoms with Gasteiger partial charge in [-0.15, -0.1) is 13.2 Å². The molecule has 4 heteroatoms. The molecule has 1 saturated carbocycles. The van der Waals surface area contributed by atoms with Crippen LogP contribution in [-0.2, 0) is 9.59 Å². The van der Waals surface area contributed by atoms with Crippen molar-refractivity contribution < 1.29 is 14.8 Å². The molecule has 162 valence electrons. The van der Waals surface area contributed by atoms with Crippen molar-refractivity contribution in [3.63, 3.8) is 0 Å². The topological polar surface area (TPSA) is 66.4 Å². The van der Waals surface area contributed by atoms with Crippen LogP contribution < -0.4 is 5.48 Å². The molecule has 0 spiro atoms. The Hall–Kier alpha value is -2.30. The lowest BCUT2D eigenvalue weighted by Crippen LogP contribution is -2.16. The minimum absolute atomic E-state index is 0.0521. The van der Waals surface area contributed by atoms with Gasteiger partial charge in [-0.2, -0.15) is 5.48 Å². The highest BCUT2D eigenvalue weighted by Crippen LogP contribution is 2.33. The summed E-state index contributed by atoms with van der Waals surface area (Å²) < 4.78 is 0. The summed E-state index contributed by atoms with van der Waals surface area (Å²) in [6, 6.07) is 10.6. The van der Waals surface area contributed by atoms with Crippen LogP contribution in [-0.4, -0.2) is 23.3 Å². The largest absolute Gasteiger partial charge is 0.316 e. The highest BCUT2D eigenvalue weighted by Gasteiger charge is 2.16. The smallest absolute Gasteiger partial charge is 0.171 e. The maximum Gasteiger partial charge on any atom is 0.171 e.